The van der Waals surface area contributed by atoms with Gasteiger partial charge in [-0.1, -0.05) is 12.1 Å². The van der Waals surface area contributed by atoms with Crippen LogP contribution in [0.15, 0.2) is 24.3 Å². The Morgan fingerprint density at radius 1 is 1.35 bits per heavy atom. The molecule has 0 saturated heterocycles. The third-order valence-electron chi connectivity index (χ3n) is 2.06. The Hall–Kier alpha value is -1.23. The third-order valence-corrected chi connectivity index (χ3v) is 2.34. The van der Waals surface area contributed by atoms with E-state index in [0.29, 0.717) is 5.56 Å². The van der Waals surface area contributed by atoms with Gasteiger partial charge in [0.2, 0.25) is 0 Å². The summed E-state index contributed by atoms with van der Waals surface area (Å²) < 4.78 is 41.8. The first-order valence-corrected chi connectivity index (χ1v) is 5.28. The topological polar surface area (TPSA) is 26.3 Å². The monoisotopic (exact) mass is 266 g/mol. The second-order valence-electron chi connectivity index (χ2n) is 3.37. The minimum absolute atomic E-state index is 0.00898. The lowest BCUT2D eigenvalue weighted by atomic mass is 10.1. The lowest BCUT2D eigenvalue weighted by molar-refractivity contribution is -0.145. The third kappa shape index (κ3) is 3.93. The van der Waals surface area contributed by atoms with Crippen LogP contribution < -0.4 is 0 Å². The van der Waals surface area contributed by atoms with Gasteiger partial charge >= 0.3 is 12.1 Å². The van der Waals surface area contributed by atoms with E-state index >= 15 is 0 Å². The van der Waals surface area contributed by atoms with Gasteiger partial charge in [0.25, 0.3) is 0 Å². The van der Waals surface area contributed by atoms with Crippen LogP contribution in [0.3, 0.4) is 0 Å². The first-order valence-electron chi connectivity index (χ1n) is 4.75. The maximum absolute atomic E-state index is 12.3. The zero-order valence-corrected chi connectivity index (χ0v) is 9.68. The van der Waals surface area contributed by atoms with Crippen LogP contribution in [0.4, 0.5) is 13.2 Å². The Morgan fingerprint density at radius 3 is 2.24 bits per heavy atom. The minimum Gasteiger partial charge on any atom is -0.456 e. The molecule has 0 spiro atoms. The molecule has 0 aliphatic rings. The number of benzene rings is 1. The molecule has 1 aromatic carbocycles. The maximum Gasteiger partial charge on any atom is 0.416 e. The van der Waals surface area contributed by atoms with Crippen molar-refractivity contribution in [3.05, 3.63) is 35.4 Å². The maximum atomic E-state index is 12.3. The van der Waals surface area contributed by atoms with Crippen LogP contribution in [0.2, 0.25) is 0 Å². The number of hydrogen-bond acceptors (Lipinski definition) is 2. The molecular weight excluding hydrogens is 257 g/mol. The van der Waals surface area contributed by atoms with Crippen molar-refractivity contribution in [2.75, 3.05) is 5.88 Å². The van der Waals surface area contributed by atoms with Crippen LogP contribution in [-0.4, -0.2) is 11.8 Å². The summed E-state index contributed by atoms with van der Waals surface area (Å²) in [6, 6.07) is 4.36. The summed E-state index contributed by atoms with van der Waals surface area (Å²) in [5, 5.41) is 0. The predicted molar refractivity (Wildman–Crippen MR) is 56.7 cm³/mol. The van der Waals surface area contributed by atoms with Gasteiger partial charge in [-0.3, -0.25) is 4.79 Å². The van der Waals surface area contributed by atoms with E-state index in [2.05, 4.69) is 0 Å². The molecule has 0 amide bonds. The summed E-state index contributed by atoms with van der Waals surface area (Å²) in [5.74, 6) is -0.541. The molecule has 0 fully saturated rings. The van der Waals surface area contributed by atoms with E-state index in [0.717, 1.165) is 12.1 Å². The number of hydrogen-bond donors (Lipinski definition) is 0. The summed E-state index contributed by atoms with van der Waals surface area (Å²) in [7, 11) is 0. The van der Waals surface area contributed by atoms with Crippen molar-refractivity contribution in [3.63, 3.8) is 0 Å². The molecule has 0 N–H and O–H groups in total. The van der Waals surface area contributed by atoms with Crippen molar-refractivity contribution in [2.45, 2.75) is 19.2 Å². The minimum atomic E-state index is -4.38. The molecule has 6 heteroatoms. The van der Waals surface area contributed by atoms with Gasteiger partial charge in [0.05, 0.1) is 11.4 Å². The SMILES string of the molecule is CC(=O)O[C@H](CCl)c1ccc(C(F)(F)F)cc1. The molecule has 0 aliphatic heterocycles. The number of alkyl halides is 4. The van der Waals surface area contributed by atoms with Gasteiger partial charge in [-0.2, -0.15) is 13.2 Å². The van der Waals surface area contributed by atoms with E-state index in [1.165, 1.54) is 19.1 Å². The van der Waals surface area contributed by atoms with Crippen molar-refractivity contribution in [1.29, 1.82) is 0 Å². The molecule has 0 aliphatic carbocycles. The molecule has 2 nitrogen and oxygen atoms in total. The highest BCUT2D eigenvalue weighted by Gasteiger charge is 2.30. The van der Waals surface area contributed by atoms with Gasteiger partial charge in [-0.05, 0) is 17.7 Å². The lowest BCUT2D eigenvalue weighted by Crippen LogP contribution is -2.11. The Balaban J connectivity index is 2.89. The Bertz CT molecular complexity index is 387. The summed E-state index contributed by atoms with van der Waals surface area (Å²) in [5.41, 5.74) is -0.319. The zero-order chi connectivity index (χ0) is 13.1. The van der Waals surface area contributed by atoms with E-state index in [-0.39, 0.29) is 5.88 Å². The Morgan fingerprint density at radius 2 is 1.88 bits per heavy atom. The van der Waals surface area contributed by atoms with E-state index in [1.54, 1.807) is 0 Å². The molecule has 0 heterocycles. The molecule has 0 aromatic heterocycles. The van der Waals surface area contributed by atoms with E-state index < -0.39 is 23.8 Å². The normalized spacial score (nSPS) is 13.2. The fourth-order valence-corrected chi connectivity index (χ4v) is 1.52. The Labute approximate surface area is 101 Å². The molecule has 1 rings (SSSR count). The fraction of sp³-hybridized carbons (Fsp3) is 0.364. The van der Waals surface area contributed by atoms with Crippen molar-refractivity contribution in [2.24, 2.45) is 0 Å². The van der Waals surface area contributed by atoms with Crippen LogP contribution >= 0.6 is 11.6 Å². The van der Waals surface area contributed by atoms with E-state index in [9.17, 15) is 18.0 Å². The largest absolute Gasteiger partial charge is 0.456 e. The molecule has 0 saturated carbocycles. The smallest absolute Gasteiger partial charge is 0.416 e. The molecule has 0 unspecified atom stereocenters. The average Bonchev–Trinajstić information content (AvgIpc) is 2.24. The summed E-state index contributed by atoms with van der Waals surface area (Å²) >= 11 is 5.58. The fourth-order valence-electron chi connectivity index (χ4n) is 1.28. The average molecular weight is 267 g/mol. The molecule has 1 atom stereocenters. The summed E-state index contributed by atoms with van der Waals surface area (Å²) in [6.45, 7) is 1.21. The zero-order valence-electron chi connectivity index (χ0n) is 8.92. The van der Waals surface area contributed by atoms with Crippen LogP contribution in [0.1, 0.15) is 24.2 Å². The van der Waals surface area contributed by atoms with Crippen LogP contribution in [0.5, 0.6) is 0 Å². The quantitative estimate of drug-likeness (QED) is 0.618. The second kappa shape index (κ2) is 5.40. The molecule has 0 bridgehead atoms. The van der Waals surface area contributed by atoms with Crippen molar-refractivity contribution in [3.8, 4) is 0 Å². The van der Waals surface area contributed by atoms with Gasteiger partial charge in [0.15, 0.2) is 0 Å². The lowest BCUT2D eigenvalue weighted by Gasteiger charge is -2.15. The van der Waals surface area contributed by atoms with Crippen molar-refractivity contribution in [1.82, 2.24) is 0 Å². The first kappa shape index (κ1) is 13.8. The number of esters is 1. The first-order chi connectivity index (χ1) is 7.84. The second-order valence-corrected chi connectivity index (χ2v) is 3.68. The van der Waals surface area contributed by atoms with Gasteiger partial charge in [0, 0.05) is 6.92 Å². The number of carbonyl (C=O) groups is 1. The van der Waals surface area contributed by atoms with Gasteiger partial charge in [-0.15, -0.1) is 11.6 Å². The summed E-state index contributed by atoms with van der Waals surface area (Å²) in [4.78, 5) is 10.8. The number of ether oxygens (including phenoxy) is 1. The van der Waals surface area contributed by atoms with Gasteiger partial charge in [-0.25, -0.2) is 0 Å². The highest BCUT2D eigenvalue weighted by molar-refractivity contribution is 6.18. The molecule has 1 aromatic rings. The van der Waals surface area contributed by atoms with E-state index in [4.69, 9.17) is 16.3 Å². The molecular formula is C11H10ClF3O2. The summed E-state index contributed by atoms with van der Waals surface area (Å²) in [6.07, 6.45) is -5.10. The van der Waals surface area contributed by atoms with Gasteiger partial charge < -0.3 is 4.74 Å². The standard InChI is InChI=1S/C11H10ClF3O2/c1-7(16)17-10(6-12)8-2-4-9(5-3-8)11(13,14)15/h2-5,10H,6H2,1H3/t10-/m1/s1. The number of carbonyl (C=O) groups excluding carboxylic acids is 1. The highest BCUT2D eigenvalue weighted by atomic mass is 35.5. The molecule has 0 radical (unpaired) electrons. The van der Waals surface area contributed by atoms with Gasteiger partial charge in [0.1, 0.15) is 6.10 Å². The van der Waals surface area contributed by atoms with Crippen LogP contribution in [-0.2, 0) is 15.7 Å². The van der Waals surface area contributed by atoms with Crippen molar-refractivity contribution >= 4 is 17.6 Å². The van der Waals surface area contributed by atoms with Crippen LogP contribution in [0.25, 0.3) is 0 Å². The predicted octanol–water partition coefficient (Wildman–Crippen LogP) is 3.55. The van der Waals surface area contributed by atoms with E-state index in [1.807, 2.05) is 0 Å². The molecule has 17 heavy (non-hydrogen) atoms. The highest BCUT2D eigenvalue weighted by Crippen LogP contribution is 2.30. The Kier molecular flexibility index (Phi) is 4.40. The van der Waals surface area contributed by atoms with Crippen LogP contribution in [0, 0.1) is 0 Å². The number of rotatable bonds is 3. The molecule has 94 valence electrons. The number of halogens is 4. The van der Waals surface area contributed by atoms with Crippen molar-refractivity contribution < 1.29 is 22.7 Å².